The van der Waals surface area contributed by atoms with E-state index in [1.165, 1.54) is 5.57 Å². The van der Waals surface area contributed by atoms with Crippen LogP contribution in [0.5, 0.6) is 5.75 Å². The summed E-state index contributed by atoms with van der Waals surface area (Å²) in [4.78, 5) is 2.07. The van der Waals surface area contributed by atoms with Crippen molar-refractivity contribution in [2.45, 2.75) is 13.5 Å². The number of para-hydroxylation sites is 2. The number of hydrogen-bond donors (Lipinski definition) is 4. The van der Waals surface area contributed by atoms with Crippen LogP contribution in [-0.2, 0) is 6.54 Å². The fourth-order valence-electron chi connectivity index (χ4n) is 3.37. The van der Waals surface area contributed by atoms with Crippen molar-refractivity contribution in [2.24, 2.45) is 5.73 Å². The Balaban J connectivity index is 1.94. The lowest BCUT2D eigenvalue weighted by Crippen LogP contribution is -2.28. The number of rotatable bonds is 9. The molecule has 30 heavy (non-hydrogen) atoms. The van der Waals surface area contributed by atoms with Gasteiger partial charge in [-0.1, -0.05) is 48.5 Å². The van der Waals surface area contributed by atoms with E-state index in [4.69, 9.17) is 5.73 Å². The summed E-state index contributed by atoms with van der Waals surface area (Å²) in [5, 5.41) is 16.9. The Morgan fingerprint density at radius 1 is 0.967 bits per heavy atom. The SMILES string of the molecule is C/C(CN(C)CN)=C(\NCc1cccc(O)c1)c1ccccc1Nc1ccccc1. The molecule has 0 amide bonds. The van der Waals surface area contributed by atoms with Crippen molar-refractivity contribution in [1.82, 2.24) is 10.2 Å². The van der Waals surface area contributed by atoms with E-state index < -0.39 is 0 Å². The fourth-order valence-corrected chi connectivity index (χ4v) is 3.37. The number of nitrogens with one attached hydrogen (secondary N) is 2. The van der Waals surface area contributed by atoms with Crippen LogP contribution in [-0.4, -0.2) is 30.3 Å². The van der Waals surface area contributed by atoms with Crippen LogP contribution in [0.2, 0.25) is 0 Å². The van der Waals surface area contributed by atoms with Gasteiger partial charge in [0.2, 0.25) is 0 Å². The van der Waals surface area contributed by atoms with E-state index in [1.807, 2.05) is 49.5 Å². The first-order chi connectivity index (χ1) is 14.6. The van der Waals surface area contributed by atoms with Gasteiger partial charge in [-0.3, -0.25) is 4.90 Å². The molecule has 0 saturated heterocycles. The second-order valence-corrected chi connectivity index (χ2v) is 7.41. The second-order valence-electron chi connectivity index (χ2n) is 7.41. The van der Waals surface area contributed by atoms with Crippen LogP contribution in [0.15, 0.2) is 84.4 Å². The van der Waals surface area contributed by atoms with E-state index in [0.29, 0.717) is 13.2 Å². The van der Waals surface area contributed by atoms with Crippen LogP contribution in [0, 0.1) is 0 Å². The largest absolute Gasteiger partial charge is 0.508 e. The summed E-state index contributed by atoms with van der Waals surface area (Å²) in [6.45, 7) is 3.96. The van der Waals surface area contributed by atoms with Crippen molar-refractivity contribution in [3.63, 3.8) is 0 Å². The maximum Gasteiger partial charge on any atom is 0.115 e. The molecule has 156 valence electrons. The molecule has 5 heteroatoms. The van der Waals surface area contributed by atoms with Crippen LogP contribution in [0.1, 0.15) is 18.1 Å². The van der Waals surface area contributed by atoms with Crippen LogP contribution in [0.3, 0.4) is 0 Å². The summed E-state index contributed by atoms with van der Waals surface area (Å²) in [5.41, 5.74) is 12.2. The Labute approximate surface area is 178 Å². The van der Waals surface area contributed by atoms with Gasteiger partial charge in [0.15, 0.2) is 0 Å². The normalized spacial score (nSPS) is 11.9. The number of nitrogens with zero attached hydrogens (tertiary/aromatic N) is 1. The van der Waals surface area contributed by atoms with Gasteiger partial charge in [0.25, 0.3) is 0 Å². The smallest absolute Gasteiger partial charge is 0.115 e. The average molecular weight is 403 g/mol. The summed E-state index contributed by atoms with van der Waals surface area (Å²) in [6.07, 6.45) is 0. The van der Waals surface area contributed by atoms with Gasteiger partial charge in [0.05, 0.1) is 0 Å². The highest BCUT2D eigenvalue weighted by atomic mass is 16.3. The van der Waals surface area contributed by atoms with Crippen molar-refractivity contribution in [2.75, 3.05) is 25.6 Å². The summed E-state index contributed by atoms with van der Waals surface area (Å²) in [5.74, 6) is 0.269. The van der Waals surface area contributed by atoms with Crippen LogP contribution in [0.25, 0.3) is 5.70 Å². The number of phenolic OH excluding ortho intramolecular Hbond substituents is 1. The third-order valence-electron chi connectivity index (χ3n) is 4.87. The molecule has 0 aliphatic rings. The van der Waals surface area contributed by atoms with Crippen LogP contribution >= 0.6 is 0 Å². The third kappa shape index (κ3) is 5.86. The Morgan fingerprint density at radius 2 is 1.70 bits per heavy atom. The van der Waals surface area contributed by atoms with Gasteiger partial charge < -0.3 is 21.5 Å². The van der Waals surface area contributed by atoms with Crippen molar-refractivity contribution in [3.8, 4) is 5.75 Å². The zero-order valence-corrected chi connectivity index (χ0v) is 17.6. The minimum absolute atomic E-state index is 0.269. The molecule has 5 nitrogen and oxygen atoms in total. The quantitative estimate of drug-likeness (QED) is 0.397. The molecule has 0 radical (unpaired) electrons. The minimum Gasteiger partial charge on any atom is -0.508 e. The number of likely N-dealkylation sites (N-methyl/N-ethyl adjacent to an activating group) is 1. The Morgan fingerprint density at radius 3 is 2.43 bits per heavy atom. The molecule has 3 rings (SSSR count). The number of hydrogen-bond acceptors (Lipinski definition) is 5. The monoisotopic (exact) mass is 402 g/mol. The predicted octanol–water partition coefficient (Wildman–Crippen LogP) is 4.50. The molecule has 3 aromatic rings. The number of benzene rings is 3. The highest BCUT2D eigenvalue weighted by molar-refractivity contribution is 5.79. The Bertz CT molecular complexity index is 985. The summed E-state index contributed by atoms with van der Waals surface area (Å²) < 4.78 is 0. The van der Waals surface area contributed by atoms with Gasteiger partial charge in [-0.2, -0.15) is 0 Å². The van der Waals surface area contributed by atoms with Gasteiger partial charge in [-0.15, -0.1) is 0 Å². The molecule has 0 fully saturated rings. The summed E-state index contributed by atoms with van der Waals surface area (Å²) in [6, 6.07) is 25.7. The number of nitrogens with two attached hydrogens (primary N) is 1. The zero-order valence-electron chi connectivity index (χ0n) is 17.6. The average Bonchev–Trinajstić information content (AvgIpc) is 2.75. The Kier molecular flexibility index (Phi) is 7.49. The summed E-state index contributed by atoms with van der Waals surface area (Å²) >= 11 is 0. The zero-order chi connectivity index (χ0) is 21.3. The highest BCUT2D eigenvalue weighted by Crippen LogP contribution is 2.28. The number of aromatic hydroxyl groups is 1. The first-order valence-electron chi connectivity index (χ1n) is 10.1. The van der Waals surface area contributed by atoms with Crippen molar-refractivity contribution in [1.29, 1.82) is 0 Å². The lowest BCUT2D eigenvalue weighted by molar-refractivity contribution is 0.374. The maximum absolute atomic E-state index is 9.79. The molecular weight excluding hydrogens is 372 g/mol. The van der Waals surface area contributed by atoms with E-state index in [2.05, 4.69) is 46.7 Å². The van der Waals surface area contributed by atoms with E-state index >= 15 is 0 Å². The fraction of sp³-hybridized carbons (Fsp3) is 0.200. The molecule has 5 N–H and O–H groups in total. The third-order valence-corrected chi connectivity index (χ3v) is 4.87. The van der Waals surface area contributed by atoms with E-state index in [-0.39, 0.29) is 5.75 Å². The first kappa shape index (κ1) is 21.4. The van der Waals surface area contributed by atoms with E-state index in [0.717, 1.165) is 34.7 Å². The molecule has 0 aromatic heterocycles. The van der Waals surface area contributed by atoms with Crippen molar-refractivity contribution in [3.05, 3.63) is 95.6 Å². The van der Waals surface area contributed by atoms with E-state index in [1.54, 1.807) is 12.1 Å². The van der Waals surface area contributed by atoms with E-state index in [9.17, 15) is 5.11 Å². The predicted molar refractivity (Wildman–Crippen MR) is 125 cm³/mol. The second kappa shape index (κ2) is 10.5. The lowest BCUT2D eigenvalue weighted by atomic mass is 10.0. The van der Waals surface area contributed by atoms with Gasteiger partial charge in [0, 0.05) is 42.4 Å². The molecule has 0 unspecified atom stereocenters. The molecule has 0 spiro atoms. The van der Waals surface area contributed by atoms with Gasteiger partial charge >= 0.3 is 0 Å². The highest BCUT2D eigenvalue weighted by Gasteiger charge is 2.12. The topological polar surface area (TPSA) is 73.5 Å². The minimum atomic E-state index is 0.269. The molecule has 0 atom stereocenters. The molecule has 0 saturated carbocycles. The number of phenols is 1. The van der Waals surface area contributed by atoms with Crippen LogP contribution < -0.4 is 16.4 Å². The molecule has 0 aliphatic heterocycles. The first-order valence-corrected chi connectivity index (χ1v) is 10.1. The van der Waals surface area contributed by atoms with Gasteiger partial charge in [-0.05, 0) is 55.4 Å². The molecule has 3 aromatic carbocycles. The molecular formula is C25H30N4O. The molecule has 0 heterocycles. The maximum atomic E-state index is 9.79. The van der Waals surface area contributed by atoms with Gasteiger partial charge in [-0.25, -0.2) is 0 Å². The van der Waals surface area contributed by atoms with Crippen LogP contribution in [0.4, 0.5) is 11.4 Å². The summed E-state index contributed by atoms with van der Waals surface area (Å²) in [7, 11) is 2.00. The van der Waals surface area contributed by atoms with Crippen molar-refractivity contribution < 1.29 is 5.11 Å². The lowest BCUT2D eigenvalue weighted by Gasteiger charge is -2.22. The number of anilines is 2. The van der Waals surface area contributed by atoms with Crippen molar-refractivity contribution >= 4 is 17.1 Å². The Hall–Kier alpha value is -3.28. The molecule has 0 bridgehead atoms. The molecule has 0 aliphatic carbocycles. The standard InChI is InChI=1S/C25H30N4O/c1-19(17-29(2)18-26)25(27-16-20-9-8-12-22(30)15-20)23-13-6-7-14-24(23)28-21-10-4-3-5-11-21/h3-15,27-28,30H,16-18,26H2,1-2H3/b25-19+. The van der Waals surface area contributed by atoms with Gasteiger partial charge in [0.1, 0.15) is 5.75 Å².